The molecule has 4 heterocycles. The predicted molar refractivity (Wildman–Crippen MR) is 204 cm³/mol. The number of nitrogens with one attached hydrogen (secondary N) is 1. The normalized spacial score (nSPS) is 18.9. The molecule has 4 aliphatic rings. The summed E-state index contributed by atoms with van der Waals surface area (Å²) < 4.78 is 6.14. The first kappa shape index (κ1) is 37.3. The third-order valence-electron chi connectivity index (χ3n) is 11.0. The van der Waals surface area contributed by atoms with Gasteiger partial charge < -0.3 is 9.64 Å². The van der Waals surface area contributed by atoms with Gasteiger partial charge >= 0.3 is 0 Å². The summed E-state index contributed by atoms with van der Waals surface area (Å²) in [5.74, 6) is 5.52. The number of imide groups is 2. The van der Waals surface area contributed by atoms with E-state index in [2.05, 4.69) is 34.7 Å². The van der Waals surface area contributed by atoms with Gasteiger partial charge in [0.15, 0.2) is 0 Å². The van der Waals surface area contributed by atoms with Crippen LogP contribution in [0.25, 0.3) is 0 Å². The van der Waals surface area contributed by atoms with E-state index < -0.39 is 29.7 Å². The van der Waals surface area contributed by atoms with Gasteiger partial charge in [0, 0.05) is 69.5 Å². The molecule has 2 saturated heterocycles. The fraction of sp³-hybridized carbons (Fsp3) is 0.364. The van der Waals surface area contributed by atoms with Gasteiger partial charge in [0.2, 0.25) is 11.8 Å². The minimum absolute atomic E-state index is 0.00578. The molecule has 3 aromatic rings. The van der Waals surface area contributed by atoms with Gasteiger partial charge in [-0.2, -0.15) is 5.26 Å². The number of ether oxygens (including phenoxy) is 1. The molecule has 280 valence electrons. The number of nitriles is 1. The van der Waals surface area contributed by atoms with Gasteiger partial charge in [-0.05, 0) is 103 Å². The highest BCUT2D eigenvalue weighted by Gasteiger charge is 2.45. The topological polar surface area (TPSA) is 140 Å². The number of carbonyl (C=O) groups excluding carboxylic acids is 5. The van der Waals surface area contributed by atoms with E-state index in [0.29, 0.717) is 48.4 Å². The third-order valence-corrected chi connectivity index (χ3v) is 11.0. The quantitative estimate of drug-likeness (QED) is 0.128. The van der Waals surface area contributed by atoms with Gasteiger partial charge in [-0.25, -0.2) is 0 Å². The van der Waals surface area contributed by atoms with Crippen molar-refractivity contribution >= 4 is 29.5 Å². The summed E-state index contributed by atoms with van der Waals surface area (Å²) in [7, 11) is 0. The Morgan fingerprint density at radius 1 is 0.982 bits per heavy atom. The van der Waals surface area contributed by atoms with Crippen LogP contribution in [-0.4, -0.2) is 76.0 Å². The van der Waals surface area contributed by atoms with Crippen molar-refractivity contribution < 1.29 is 28.7 Å². The molecule has 2 atom stereocenters. The number of amides is 5. The summed E-state index contributed by atoms with van der Waals surface area (Å²) in [6, 6.07) is 17.7. The second-order valence-corrected chi connectivity index (χ2v) is 14.7. The molecule has 2 unspecified atom stereocenters. The predicted octanol–water partition coefficient (Wildman–Crippen LogP) is 5.29. The van der Waals surface area contributed by atoms with Crippen LogP contribution in [0.4, 0.5) is 0 Å². The fourth-order valence-electron chi connectivity index (χ4n) is 7.88. The highest BCUT2D eigenvalue weighted by molar-refractivity contribution is 6.23. The van der Waals surface area contributed by atoms with Gasteiger partial charge in [-0.1, -0.05) is 17.9 Å². The van der Waals surface area contributed by atoms with E-state index in [0.717, 1.165) is 71.6 Å². The zero-order chi connectivity index (χ0) is 38.6. The minimum Gasteiger partial charge on any atom is -0.490 e. The lowest BCUT2D eigenvalue weighted by atomic mass is 10.0. The van der Waals surface area contributed by atoms with Crippen molar-refractivity contribution in [1.82, 2.24) is 20.0 Å². The number of benzene rings is 3. The van der Waals surface area contributed by atoms with Gasteiger partial charge in [-0.15, -0.1) is 6.58 Å². The zero-order valence-corrected chi connectivity index (χ0v) is 30.9. The highest BCUT2D eigenvalue weighted by atomic mass is 16.5. The summed E-state index contributed by atoms with van der Waals surface area (Å²) >= 11 is 0. The Morgan fingerprint density at radius 2 is 1.67 bits per heavy atom. The van der Waals surface area contributed by atoms with Crippen LogP contribution in [0, 0.1) is 36.0 Å². The Morgan fingerprint density at radius 3 is 2.29 bits per heavy atom. The molecular formula is C44H43N5O6. The van der Waals surface area contributed by atoms with Crippen molar-refractivity contribution in [3.8, 4) is 23.7 Å². The van der Waals surface area contributed by atoms with E-state index in [-0.39, 0.29) is 30.8 Å². The Labute approximate surface area is 320 Å². The second kappa shape index (κ2) is 16.1. The second-order valence-electron chi connectivity index (χ2n) is 14.7. The largest absolute Gasteiger partial charge is 0.490 e. The van der Waals surface area contributed by atoms with Crippen LogP contribution in [0.2, 0.25) is 0 Å². The number of rotatable bonds is 10. The maximum absolute atomic E-state index is 13.3. The summed E-state index contributed by atoms with van der Waals surface area (Å²) in [6.07, 6.45) is 6.26. The maximum atomic E-state index is 13.3. The van der Waals surface area contributed by atoms with Gasteiger partial charge in [0.1, 0.15) is 17.9 Å². The van der Waals surface area contributed by atoms with Crippen LogP contribution in [0.5, 0.6) is 5.75 Å². The Balaban J connectivity index is 0.840. The maximum Gasteiger partial charge on any atom is 0.262 e. The molecule has 0 aliphatic carbocycles. The summed E-state index contributed by atoms with van der Waals surface area (Å²) in [6.45, 7) is 9.28. The molecule has 0 aromatic heterocycles. The number of unbranched alkanes of at least 4 members (excludes halogenated alkanes) is 1. The van der Waals surface area contributed by atoms with E-state index >= 15 is 0 Å². The van der Waals surface area contributed by atoms with Gasteiger partial charge in [-0.3, -0.25) is 39.1 Å². The number of aryl methyl sites for hydroxylation is 1. The fourth-order valence-corrected chi connectivity index (χ4v) is 7.88. The molecule has 0 saturated carbocycles. The number of fused-ring (bicyclic) bond motifs is 2. The molecule has 4 aliphatic heterocycles. The lowest BCUT2D eigenvalue weighted by Gasteiger charge is -2.32. The van der Waals surface area contributed by atoms with Crippen molar-refractivity contribution in [2.24, 2.45) is 5.92 Å². The lowest BCUT2D eigenvalue weighted by Crippen LogP contribution is -2.54. The smallest absolute Gasteiger partial charge is 0.262 e. The molecule has 1 N–H and O–H groups in total. The Kier molecular flexibility index (Phi) is 10.9. The van der Waals surface area contributed by atoms with Crippen molar-refractivity contribution in [2.75, 3.05) is 19.6 Å². The number of nitrogens with zero attached hydrogens (tertiary/aromatic N) is 4. The molecule has 2 fully saturated rings. The molecule has 0 bridgehead atoms. The molecule has 11 nitrogen and oxygen atoms in total. The van der Waals surface area contributed by atoms with Crippen LogP contribution in [0.15, 0.2) is 67.3 Å². The molecule has 7 rings (SSSR count). The van der Waals surface area contributed by atoms with Crippen LogP contribution >= 0.6 is 0 Å². The number of hydrogen-bond acceptors (Lipinski definition) is 8. The SMILES string of the molecule is C=CC(CCCC#Cc1ccc(C(=O)N2CCC(Oc3ccc(C#N)c(C)c3)CC2)cc1)CN1Cc2cc3c(cc2C1)C(=O)N(C1CCC(=O)NC1=O)C3=O. The van der Waals surface area contributed by atoms with Gasteiger partial charge in [0.25, 0.3) is 17.7 Å². The molecule has 11 heteroatoms. The third kappa shape index (κ3) is 8.08. The first-order chi connectivity index (χ1) is 26.6. The van der Waals surface area contributed by atoms with Crippen molar-refractivity contribution in [3.05, 3.63) is 112 Å². The Hall–Kier alpha value is -6.04. The standard InChI is InChI=1S/C44H43N5O6/c1-3-29(25-47-26-33-22-37-38(23-34(33)27-47)44(54)49(43(37)53)39-15-16-40(50)46-41(39)51)7-5-4-6-8-30-9-11-31(12-10-30)42(52)48-19-17-35(18-20-48)55-36-14-13-32(24-45)28(2)21-36/h3,9-14,21-23,29,35,39H,1,4-5,7,15-20,25-27H2,2H3,(H,46,50,51). The number of piperidine rings is 2. The average Bonchev–Trinajstić information content (AvgIpc) is 3.69. The summed E-state index contributed by atoms with van der Waals surface area (Å²) in [5, 5.41) is 11.4. The summed E-state index contributed by atoms with van der Waals surface area (Å²) in [5.41, 5.74) is 5.65. The molecule has 55 heavy (non-hydrogen) atoms. The van der Waals surface area contributed by atoms with E-state index in [9.17, 15) is 24.0 Å². The lowest BCUT2D eigenvalue weighted by molar-refractivity contribution is -0.136. The summed E-state index contributed by atoms with van der Waals surface area (Å²) in [4.78, 5) is 68.9. The van der Waals surface area contributed by atoms with Crippen molar-refractivity contribution in [1.29, 1.82) is 5.26 Å². The van der Waals surface area contributed by atoms with E-state index in [1.165, 1.54) is 0 Å². The van der Waals surface area contributed by atoms with Crippen molar-refractivity contribution in [3.63, 3.8) is 0 Å². The Bertz CT molecular complexity index is 2120. The number of likely N-dealkylation sites (tertiary alicyclic amines) is 1. The first-order valence-corrected chi connectivity index (χ1v) is 18.9. The van der Waals surface area contributed by atoms with Crippen molar-refractivity contribution in [2.45, 2.75) is 77.1 Å². The van der Waals surface area contributed by atoms with Crippen LogP contribution in [0.3, 0.4) is 0 Å². The van der Waals surface area contributed by atoms with E-state index in [1.807, 2.05) is 54.3 Å². The van der Waals surface area contributed by atoms with E-state index in [1.54, 1.807) is 18.2 Å². The number of carbonyl (C=O) groups is 5. The zero-order valence-electron chi connectivity index (χ0n) is 30.9. The molecule has 3 aromatic carbocycles. The van der Waals surface area contributed by atoms with Crippen LogP contribution in [-0.2, 0) is 22.7 Å². The average molecular weight is 738 g/mol. The minimum atomic E-state index is -0.972. The molecule has 0 spiro atoms. The monoisotopic (exact) mass is 737 g/mol. The molecule has 5 amide bonds. The number of hydrogen-bond donors (Lipinski definition) is 1. The first-order valence-electron chi connectivity index (χ1n) is 18.9. The van der Waals surface area contributed by atoms with Gasteiger partial charge in [0.05, 0.1) is 22.8 Å². The van der Waals surface area contributed by atoms with Crippen LogP contribution in [0.1, 0.15) is 104 Å². The molecule has 0 radical (unpaired) electrons. The van der Waals surface area contributed by atoms with E-state index in [4.69, 9.17) is 10.00 Å². The molecular weight excluding hydrogens is 695 g/mol. The highest BCUT2D eigenvalue weighted by Crippen LogP contribution is 2.34. The van der Waals surface area contributed by atoms with Crippen LogP contribution < -0.4 is 10.1 Å².